The summed E-state index contributed by atoms with van der Waals surface area (Å²) in [7, 11) is -2.13. The van der Waals surface area contributed by atoms with Crippen LogP contribution in [0, 0.1) is 0 Å². The third-order valence-corrected chi connectivity index (χ3v) is 5.63. The van der Waals surface area contributed by atoms with Crippen LogP contribution < -0.4 is 14.4 Å². The zero-order valence-electron chi connectivity index (χ0n) is 15.6. The summed E-state index contributed by atoms with van der Waals surface area (Å²) in [6.07, 6.45) is 1.06. The minimum absolute atomic E-state index is 0.359. The van der Waals surface area contributed by atoms with Gasteiger partial charge in [0.1, 0.15) is 11.8 Å². The normalized spacial score (nSPS) is 13.5. The van der Waals surface area contributed by atoms with Crippen LogP contribution in [0.3, 0.4) is 0 Å². The van der Waals surface area contributed by atoms with Gasteiger partial charge in [-0.1, -0.05) is 29.8 Å². The SMILES string of the molecule is COc1ccccc1[C@H](C)NC(=O)[C@@H](C)N(c1ccc(Cl)cc1)S(C)(=O)=O. The number of amides is 1. The molecule has 1 amide bonds. The van der Waals surface area contributed by atoms with Crippen LogP contribution in [-0.4, -0.2) is 33.7 Å². The molecule has 0 radical (unpaired) electrons. The van der Waals surface area contributed by atoms with E-state index in [-0.39, 0.29) is 6.04 Å². The monoisotopic (exact) mass is 410 g/mol. The first-order valence-electron chi connectivity index (χ1n) is 8.33. The molecule has 0 aromatic heterocycles. The first-order valence-corrected chi connectivity index (χ1v) is 10.6. The number of nitrogens with zero attached hydrogens (tertiary/aromatic N) is 1. The molecule has 0 unspecified atom stereocenters. The number of halogens is 1. The van der Waals surface area contributed by atoms with Crippen LogP contribution in [0.2, 0.25) is 5.02 Å². The molecular formula is C19H23ClN2O4S. The van der Waals surface area contributed by atoms with Gasteiger partial charge in [-0.15, -0.1) is 0 Å². The fourth-order valence-corrected chi connectivity index (χ4v) is 4.13. The van der Waals surface area contributed by atoms with Crippen LogP contribution in [-0.2, 0) is 14.8 Å². The average Bonchev–Trinajstić information content (AvgIpc) is 2.62. The second kappa shape index (κ2) is 8.63. The molecule has 0 spiro atoms. The van der Waals surface area contributed by atoms with Gasteiger partial charge in [0.05, 0.1) is 25.1 Å². The Morgan fingerprint density at radius 3 is 2.26 bits per heavy atom. The molecule has 2 aromatic rings. The maximum atomic E-state index is 12.8. The highest BCUT2D eigenvalue weighted by Crippen LogP contribution is 2.26. The van der Waals surface area contributed by atoms with Crippen LogP contribution in [0.1, 0.15) is 25.5 Å². The zero-order chi connectivity index (χ0) is 20.2. The standard InChI is InChI=1S/C19H23ClN2O4S/c1-13(17-7-5-6-8-18(17)26-3)21-19(23)14(2)22(27(4,24)25)16-11-9-15(20)10-12-16/h5-14H,1-4H3,(H,21,23)/t13-,14+/m0/s1. The molecule has 8 heteroatoms. The van der Waals surface area contributed by atoms with Crippen LogP contribution in [0.15, 0.2) is 48.5 Å². The Labute approximate surface area is 165 Å². The summed E-state index contributed by atoms with van der Waals surface area (Å²) in [6.45, 7) is 3.36. The predicted octanol–water partition coefficient (Wildman–Crippen LogP) is 3.38. The number of carbonyl (C=O) groups is 1. The molecule has 2 rings (SSSR count). The van der Waals surface area contributed by atoms with E-state index in [1.54, 1.807) is 44.4 Å². The summed E-state index contributed by atoms with van der Waals surface area (Å²) in [4.78, 5) is 12.8. The number of hydrogen-bond donors (Lipinski definition) is 1. The van der Waals surface area contributed by atoms with Gasteiger partial charge in [0.2, 0.25) is 15.9 Å². The highest BCUT2D eigenvalue weighted by Gasteiger charge is 2.30. The van der Waals surface area contributed by atoms with Gasteiger partial charge in [-0.25, -0.2) is 8.42 Å². The Morgan fingerprint density at radius 2 is 1.70 bits per heavy atom. The minimum atomic E-state index is -3.68. The number of anilines is 1. The van der Waals surface area contributed by atoms with Crippen LogP contribution in [0.25, 0.3) is 0 Å². The van der Waals surface area contributed by atoms with Crippen LogP contribution in [0.5, 0.6) is 5.75 Å². The van der Waals surface area contributed by atoms with E-state index in [1.165, 1.54) is 0 Å². The highest BCUT2D eigenvalue weighted by molar-refractivity contribution is 7.92. The smallest absolute Gasteiger partial charge is 0.244 e. The Kier molecular flexibility index (Phi) is 6.73. The molecule has 0 heterocycles. The zero-order valence-corrected chi connectivity index (χ0v) is 17.2. The van der Waals surface area contributed by atoms with Crippen LogP contribution in [0.4, 0.5) is 5.69 Å². The van der Waals surface area contributed by atoms with E-state index in [2.05, 4.69) is 5.32 Å². The van der Waals surface area contributed by atoms with Gasteiger partial charge in [0, 0.05) is 10.6 Å². The molecule has 0 fully saturated rings. The number of nitrogens with one attached hydrogen (secondary N) is 1. The van der Waals surface area contributed by atoms with E-state index in [9.17, 15) is 13.2 Å². The van der Waals surface area contributed by atoms with E-state index >= 15 is 0 Å². The van der Waals surface area contributed by atoms with Crippen molar-refractivity contribution in [2.75, 3.05) is 17.7 Å². The van der Waals surface area contributed by atoms with Crippen molar-refractivity contribution in [3.8, 4) is 5.75 Å². The molecule has 1 N–H and O–H groups in total. The van der Waals surface area contributed by atoms with Crippen molar-refractivity contribution < 1.29 is 17.9 Å². The number of hydrogen-bond acceptors (Lipinski definition) is 4. The number of ether oxygens (including phenoxy) is 1. The lowest BCUT2D eigenvalue weighted by Gasteiger charge is -2.29. The summed E-state index contributed by atoms with van der Waals surface area (Å²) in [5.74, 6) is 0.226. The molecule has 0 aliphatic carbocycles. The molecule has 2 atom stereocenters. The van der Waals surface area contributed by atoms with Gasteiger partial charge in [0.25, 0.3) is 0 Å². The molecule has 27 heavy (non-hydrogen) atoms. The van der Waals surface area contributed by atoms with Gasteiger partial charge < -0.3 is 10.1 Å². The number of para-hydroxylation sites is 1. The summed E-state index contributed by atoms with van der Waals surface area (Å²) in [5.41, 5.74) is 1.17. The summed E-state index contributed by atoms with van der Waals surface area (Å²) in [6, 6.07) is 12.3. The van der Waals surface area contributed by atoms with Gasteiger partial charge >= 0.3 is 0 Å². The number of rotatable bonds is 7. The summed E-state index contributed by atoms with van der Waals surface area (Å²) < 4.78 is 31.0. The summed E-state index contributed by atoms with van der Waals surface area (Å²) in [5, 5.41) is 3.33. The van der Waals surface area contributed by atoms with Gasteiger partial charge in [0.15, 0.2) is 0 Å². The topological polar surface area (TPSA) is 75.7 Å². The Bertz CT molecular complexity index is 900. The molecule has 0 bridgehead atoms. The molecule has 0 saturated heterocycles. The van der Waals surface area contributed by atoms with Crippen molar-refractivity contribution in [1.29, 1.82) is 0 Å². The lowest BCUT2D eigenvalue weighted by atomic mass is 10.1. The average molecular weight is 411 g/mol. The molecule has 0 aliphatic rings. The van der Waals surface area contributed by atoms with E-state index in [4.69, 9.17) is 16.3 Å². The summed E-state index contributed by atoms with van der Waals surface area (Å²) >= 11 is 5.88. The number of methoxy groups -OCH3 is 1. The minimum Gasteiger partial charge on any atom is -0.496 e. The number of benzene rings is 2. The second-order valence-corrected chi connectivity index (χ2v) is 8.48. The Balaban J connectivity index is 2.26. The van der Waals surface area contributed by atoms with Crippen molar-refractivity contribution >= 4 is 33.2 Å². The molecule has 146 valence electrons. The molecular weight excluding hydrogens is 388 g/mol. The Hall–Kier alpha value is -2.25. The number of carbonyl (C=O) groups excluding carboxylic acids is 1. The molecule has 0 aliphatic heterocycles. The fourth-order valence-electron chi connectivity index (χ4n) is 2.83. The van der Waals surface area contributed by atoms with Crippen molar-refractivity contribution in [1.82, 2.24) is 5.32 Å². The quantitative estimate of drug-likeness (QED) is 0.759. The highest BCUT2D eigenvalue weighted by atomic mass is 35.5. The first-order chi connectivity index (χ1) is 12.6. The lowest BCUT2D eigenvalue weighted by molar-refractivity contribution is -0.122. The first kappa shape index (κ1) is 21.1. The Morgan fingerprint density at radius 1 is 1.11 bits per heavy atom. The van der Waals surface area contributed by atoms with Crippen molar-refractivity contribution in [2.24, 2.45) is 0 Å². The molecule has 6 nitrogen and oxygen atoms in total. The van der Waals surface area contributed by atoms with E-state index < -0.39 is 22.0 Å². The van der Waals surface area contributed by atoms with E-state index in [1.807, 2.05) is 25.1 Å². The van der Waals surface area contributed by atoms with Gasteiger partial charge in [-0.3, -0.25) is 9.10 Å². The lowest BCUT2D eigenvalue weighted by Crippen LogP contribution is -2.48. The van der Waals surface area contributed by atoms with Crippen molar-refractivity contribution in [2.45, 2.75) is 25.9 Å². The largest absolute Gasteiger partial charge is 0.496 e. The second-order valence-electron chi connectivity index (χ2n) is 6.18. The fraction of sp³-hybridized carbons (Fsp3) is 0.316. The molecule has 0 saturated carbocycles. The van der Waals surface area contributed by atoms with E-state index in [0.717, 1.165) is 16.1 Å². The maximum absolute atomic E-state index is 12.8. The maximum Gasteiger partial charge on any atom is 0.244 e. The third-order valence-electron chi connectivity index (χ3n) is 4.13. The third kappa shape index (κ3) is 5.14. The molecule has 2 aromatic carbocycles. The van der Waals surface area contributed by atoms with Gasteiger partial charge in [-0.2, -0.15) is 0 Å². The number of sulfonamides is 1. The van der Waals surface area contributed by atoms with Crippen molar-refractivity contribution in [3.63, 3.8) is 0 Å². The van der Waals surface area contributed by atoms with E-state index in [0.29, 0.717) is 16.5 Å². The van der Waals surface area contributed by atoms with Crippen LogP contribution >= 0.6 is 11.6 Å². The predicted molar refractivity (Wildman–Crippen MR) is 108 cm³/mol. The van der Waals surface area contributed by atoms with Crippen molar-refractivity contribution in [3.05, 3.63) is 59.1 Å². The van der Waals surface area contributed by atoms with Gasteiger partial charge in [-0.05, 0) is 44.2 Å².